The predicted molar refractivity (Wildman–Crippen MR) is 98.0 cm³/mol. The van der Waals surface area contributed by atoms with Gasteiger partial charge in [-0.3, -0.25) is 4.99 Å². The molecule has 4 nitrogen and oxygen atoms in total. The third kappa shape index (κ3) is 6.53. The summed E-state index contributed by atoms with van der Waals surface area (Å²) in [6, 6.07) is 0.517. The number of nitrogens with zero attached hydrogens (tertiary/aromatic N) is 3. The third-order valence-electron chi connectivity index (χ3n) is 3.54. The number of hydrogen-bond acceptors (Lipinski definition) is 3. The van der Waals surface area contributed by atoms with Gasteiger partial charge in [0.1, 0.15) is 0 Å². The maximum absolute atomic E-state index is 4.42. The van der Waals surface area contributed by atoms with Crippen LogP contribution < -0.4 is 5.32 Å². The molecule has 1 heterocycles. The van der Waals surface area contributed by atoms with Crippen LogP contribution in [-0.4, -0.2) is 73.6 Å². The minimum absolute atomic E-state index is 0. The quantitative estimate of drug-likeness (QED) is 0.444. The maximum Gasteiger partial charge on any atom is 0.193 e. The van der Waals surface area contributed by atoms with E-state index in [9.17, 15) is 0 Å². The Hall–Kier alpha value is 0.310. The van der Waals surface area contributed by atoms with Crippen LogP contribution in [0.3, 0.4) is 0 Å². The van der Waals surface area contributed by atoms with Crippen molar-refractivity contribution >= 4 is 41.7 Å². The summed E-state index contributed by atoms with van der Waals surface area (Å²) in [4.78, 5) is 9.03. The molecule has 1 aliphatic rings. The van der Waals surface area contributed by atoms with Crippen LogP contribution in [0.2, 0.25) is 0 Å². The minimum Gasteiger partial charge on any atom is -0.355 e. The maximum atomic E-state index is 4.42. The first-order valence-electron chi connectivity index (χ1n) is 6.82. The summed E-state index contributed by atoms with van der Waals surface area (Å²) in [5, 5.41) is 4.24. The topological polar surface area (TPSA) is 30.9 Å². The number of aliphatic imine (C=N–C) groups is 1. The van der Waals surface area contributed by atoms with Crippen molar-refractivity contribution in [3.05, 3.63) is 0 Å². The van der Waals surface area contributed by atoms with Gasteiger partial charge < -0.3 is 15.1 Å². The van der Waals surface area contributed by atoms with Crippen LogP contribution in [0.15, 0.2) is 4.99 Å². The normalized spacial score (nSPS) is 22.1. The standard InChI is InChI=1S/C13H28N4S.HI/c1-6-12-10-17(7-8-18-12)13(14-3)15-9-11(2)16(4)5;/h11-12H,6-10H2,1-5H3,(H,14,15);1H. The molecule has 1 aliphatic heterocycles. The van der Waals surface area contributed by atoms with Gasteiger partial charge in [-0.15, -0.1) is 24.0 Å². The molecule has 19 heavy (non-hydrogen) atoms. The van der Waals surface area contributed by atoms with E-state index in [1.54, 1.807) is 0 Å². The van der Waals surface area contributed by atoms with Crippen molar-refractivity contribution in [2.24, 2.45) is 4.99 Å². The molecule has 0 aromatic carbocycles. The van der Waals surface area contributed by atoms with Gasteiger partial charge in [0.25, 0.3) is 0 Å². The zero-order valence-electron chi connectivity index (χ0n) is 12.8. The molecular formula is C13H29IN4S. The summed E-state index contributed by atoms with van der Waals surface area (Å²) in [5.74, 6) is 2.27. The summed E-state index contributed by atoms with van der Waals surface area (Å²) < 4.78 is 0. The highest BCUT2D eigenvalue weighted by Crippen LogP contribution is 2.20. The van der Waals surface area contributed by atoms with Crippen LogP contribution in [0.5, 0.6) is 0 Å². The van der Waals surface area contributed by atoms with Crippen molar-refractivity contribution in [3.8, 4) is 0 Å². The van der Waals surface area contributed by atoms with E-state index in [0.717, 1.165) is 30.8 Å². The van der Waals surface area contributed by atoms with Crippen molar-refractivity contribution < 1.29 is 0 Å². The Bertz CT molecular complexity index is 273. The molecule has 0 saturated carbocycles. The average Bonchev–Trinajstić information content (AvgIpc) is 2.39. The number of nitrogens with one attached hydrogen (secondary N) is 1. The SMILES string of the molecule is CCC1CN(C(=NC)NCC(C)N(C)C)CCS1.I. The first kappa shape index (κ1) is 19.3. The van der Waals surface area contributed by atoms with Crippen LogP contribution in [0.4, 0.5) is 0 Å². The second-order valence-electron chi connectivity index (χ2n) is 5.09. The first-order chi connectivity index (χ1) is 8.58. The fraction of sp³-hybridized carbons (Fsp3) is 0.923. The lowest BCUT2D eigenvalue weighted by Crippen LogP contribution is -2.50. The van der Waals surface area contributed by atoms with Crippen molar-refractivity contribution in [1.82, 2.24) is 15.1 Å². The lowest BCUT2D eigenvalue weighted by Gasteiger charge is -2.35. The molecule has 2 unspecified atom stereocenters. The molecule has 0 spiro atoms. The van der Waals surface area contributed by atoms with Crippen molar-refractivity contribution in [2.75, 3.05) is 46.5 Å². The Balaban J connectivity index is 0.00000324. The monoisotopic (exact) mass is 400 g/mol. The second kappa shape index (κ2) is 10.1. The van der Waals surface area contributed by atoms with Gasteiger partial charge in [0.05, 0.1) is 0 Å². The van der Waals surface area contributed by atoms with E-state index in [4.69, 9.17) is 0 Å². The summed E-state index contributed by atoms with van der Waals surface area (Å²) in [5.41, 5.74) is 0. The summed E-state index contributed by atoms with van der Waals surface area (Å²) in [6.07, 6.45) is 1.24. The van der Waals surface area contributed by atoms with Gasteiger partial charge in [0.2, 0.25) is 0 Å². The van der Waals surface area contributed by atoms with Crippen molar-refractivity contribution in [2.45, 2.75) is 31.6 Å². The first-order valence-corrected chi connectivity index (χ1v) is 7.87. The smallest absolute Gasteiger partial charge is 0.193 e. The van der Waals surface area contributed by atoms with Gasteiger partial charge in [-0.1, -0.05) is 6.92 Å². The number of thioether (sulfide) groups is 1. The summed E-state index contributed by atoms with van der Waals surface area (Å²) in [6.45, 7) is 7.67. The van der Waals surface area contributed by atoms with Crippen molar-refractivity contribution in [1.29, 1.82) is 0 Å². The zero-order chi connectivity index (χ0) is 13.5. The molecule has 0 bridgehead atoms. The third-order valence-corrected chi connectivity index (χ3v) is 4.91. The van der Waals surface area contributed by atoms with Gasteiger partial charge in [-0.25, -0.2) is 0 Å². The van der Waals surface area contributed by atoms with E-state index >= 15 is 0 Å². The Morgan fingerprint density at radius 2 is 2.21 bits per heavy atom. The molecule has 1 saturated heterocycles. The Morgan fingerprint density at radius 3 is 2.74 bits per heavy atom. The molecule has 0 aromatic heterocycles. The predicted octanol–water partition coefficient (Wildman–Crippen LogP) is 1.96. The highest BCUT2D eigenvalue weighted by Gasteiger charge is 2.21. The van der Waals surface area contributed by atoms with Crippen LogP contribution in [0.1, 0.15) is 20.3 Å². The highest BCUT2D eigenvalue weighted by atomic mass is 127. The van der Waals surface area contributed by atoms with E-state index in [1.165, 1.54) is 12.2 Å². The van der Waals surface area contributed by atoms with Crippen LogP contribution >= 0.6 is 35.7 Å². The molecule has 0 aromatic rings. The fourth-order valence-electron chi connectivity index (χ4n) is 1.91. The highest BCUT2D eigenvalue weighted by molar-refractivity contribution is 14.0. The Morgan fingerprint density at radius 1 is 1.53 bits per heavy atom. The second-order valence-corrected chi connectivity index (χ2v) is 6.50. The lowest BCUT2D eigenvalue weighted by atomic mass is 10.3. The van der Waals surface area contributed by atoms with Gasteiger partial charge in [0, 0.05) is 43.7 Å². The van der Waals surface area contributed by atoms with E-state index in [1.807, 2.05) is 7.05 Å². The molecule has 6 heteroatoms. The number of guanidine groups is 1. The van der Waals surface area contributed by atoms with E-state index in [0.29, 0.717) is 6.04 Å². The number of rotatable bonds is 4. The van der Waals surface area contributed by atoms with Gasteiger partial charge >= 0.3 is 0 Å². The molecule has 1 N–H and O–H groups in total. The number of halogens is 1. The number of likely N-dealkylation sites (N-methyl/N-ethyl adjacent to an activating group) is 1. The summed E-state index contributed by atoms with van der Waals surface area (Å²) in [7, 11) is 6.10. The average molecular weight is 400 g/mol. The molecular weight excluding hydrogens is 371 g/mol. The van der Waals surface area contributed by atoms with Crippen LogP contribution in [0, 0.1) is 0 Å². The molecule has 0 amide bonds. The molecule has 0 radical (unpaired) electrons. The van der Waals surface area contributed by atoms with E-state index in [-0.39, 0.29) is 24.0 Å². The van der Waals surface area contributed by atoms with Crippen LogP contribution in [-0.2, 0) is 0 Å². The number of hydrogen-bond donors (Lipinski definition) is 1. The van der Waals surface area contributed by atoms with Gasteiger partial charge in [-0.2, -0.15) is 11.8 Å². The van der Waals surface area contributed by atoms with Crippen molar-refractivity contribution in [3.63, 3.8) is 0 Å². The minimum atomic E-state index is 0. The molecule has 0 aliphatic carbocycles. The Labute approximate surface area is 139 Å². The zero-order valence-corrected chi connectivity index (χ0v) is 16.0. The lowest BCUT2D eigenvalue weighted by molar-refractivity contribution is 0.307. The van der Waals surface area contributed by atoms with E-state index in [2.05, 4.69) is 59.8 Å². The van der Waals surface area contributed by atoms with Gasteiger partial charge in [-0.05, 0) is 27.4 Å². The summed E-state index contributed by atoms with van der Waals surface area (Å²) >= 11 is 2.09. The molecule has 2 atom stereocenters. The largest absolute Gasteiger partial charge is 0.355 e. The fourth-order valence-corrected chi connectivity index (χ4v) is 3.09. The molecule has 1 rings (SSSR count). The molecule has 1 fully saturated rings. The van der Waals surface area contributed by atoms with Gasteiger partial charge in [0.15, 0.2) is 5.96 Å². The Kier molecular flexibility index (Phi) is 10.3. The van der Waals surface area contributed by atoms with E-state index < -0.39 is 0 Å². The molecule has 114 valence electrons. The van der Waals surface area contributed by atoms with Crippen LogP contribution in [0.25, 0.3) is 0 Å².